The first-order chi connectivity index (χ1) is 9.42. The van der Waals surface area contributed by atoms with Gasteiger partial charge in [0.05, 0.1) is 5.69 Å². The lowest BCUT2D eigenvalue weighted by Gasteiger charge is -2.09. The molecule has 2 rings (SSSR count). The highest BCUT2D eigenvalue weighted by Crippen LogP contribution is 2.23. The normalized spacial score (nSPS) is 10.8. The van der Waals surface area contributed by atoms with Gasteiger partial charge >= 0.3 is 0 Å². The lowest BCUT2D eigenvalue weighted by Crippen LogP contribution is -2.13. The molecule has 1 aromatic carbocycles. The van der Waals surface area contributed by atoms with Gasteiger partial charge in [0.15, 0.2) is 0 Å². The number of phenolic OH excluding ortho intramolecular Hbond substituents is 1. The number of hydrogen-bond donors (Lipinski definition) is 2. The molecule has 7 heteroatoms. The van der Waals surface area contributed by atoms with Crippen LogP contribution in [0.2, 0.25) is 0 Å². The first-order valence-electron chi connectivity index (χ1n) is 5.61. The third-order valence-corrected chi connectivity index (χ3v) is 3.99. The zero-order chi connectivity index (χ0) is 14.8. The molecule has 0 saturated carbocycles. The van der Waals surface area contributed by atoms with E-state index in [0.29, 0.717) is 5.56 Å². The number of aromatic hydroxyl groups is 1. The number of aromatic nitrogens is 1. The molecule has 0 amide bonds. The number of benzene rings is 1. The Kier molecular flexibility index (Phi) is 3.59. The Labute approximate surface area is 116 Å². The van der Waals surface area contributed by atoms with E-state index in [-0.39, 0.29) is 22.0 Å². The third kappa shape index (κ3) is 2.87. The van der Waals surface area contributed by atoms with E-state index in [1.807, 2.05) is 6.07 Å². The maximum absolute atomic E-state index is 12.1. The second kappa shape index (κ2) is 5.19. The zero-order valence-corrected chi connectivity index (χ0v) is 11.3. The van der Waals surface area contributed by atoms with E-state index in [1.165, 1.54) is 18.2 Å². The monoisotopic (exact) mass is 289 g/mol. The van der Waals surface area contributed by atoms with Crippen molar-refractivity contribution < 1.29 is 13.5 Å². The van der Waals surface area contributed by atoms with E-state index in [1.54, 1.807) is 19.1 Å². The van der Waals surface area contributed by atoms with Crippen LogP contribution in [0.15, 0.2) is 41.4 Å². The first-order valence-corrected chi connectivity index (χ1v) is 7.09. The van der Waals surface area contributed by atoms with Crippen molar-refractivity contribution in [3.05, 3.63) is 47.8 Å². The van der Waals surface area contributed by atoms with E-state index >= 15 is 0 Å². The van der Waals surface area contributed by atoms with Crippen LogP contribution in [0.4, 0.5) is 5.69 Å². The largest absolute Gasteiger partial charge is 0.508 e. The number of phenols is 1. The van der Waals surface area contributed by atoms with E-state index in [0.717, 1.165) is 6.20 Å². The topological polar surface area (TPSA) is 103 Å². The maximum Gasteiger partial charge on any atom is 0.263 e. The number of sulfonamides is 1. The van der Waals surface area contributed by atoms with Crippen LogP contribution >= 0.6 is 0 Å². The highest BCUT2D eigenvalue weighted by Gasteiger charge is 2.15. The number of rotatable bonds is 3. The molecule has 2 aromatic rings. The standard InChI is InChI=1S/C13H11N3O3S/c1-9-2-3-10(6-13(9)17)16-20(18,19)12-5-4-11(7-14)15-8-12/h2-6,8,16-17H,1H3. The molecule has 2 N–H and O–H groups in total. The number of aryl methyl sites for hydroxylation is 1. The number of nitrogens with zero attached hydrogens (tertiary/aromatic N) is 2. The van der Waals surface area contributed by atoms with Crippen LogP contribution in [0.25, 0.3) is 0 Å². The van der Waals surface area contributed by atoms with Crippen LogP contribution in [-0.2, 0) is 10.0 Å². The third-order valence-electron chi connectivity index (χ3n) is 2.62. The second-order valence-electron chi connectivity index (χ2n) is 4.10. The van der Waals surface area contributed by atoms with Crippen molar-refractivity contribution in [1.29, 1.82) is 5.26 Å². The molecule has 20 heavy (non-hydrogen) atoms. The van der Waals surface area contributed by atoms with E-state index in [4.69, 9.17) is 5.26 Å². The quantitative estimate of drug-likeness (QED) is 0.896. The van der Waals surface area contributed by atoms with E-state index in [9.17, 15) is 13.5 Å². The van der Waals surface area contributed by atoms with Crippen LogP contribution in [-0.4, -0.2) is 18.5 Å². The molecule has 0 aliphatic rings. The Morgan fingerprint density at radius 1 is 1.30 bits per heavy atom. The summed E-state index contributed by atoms with van der Waals surface area (Å²) in [6, 6.07) is 8.89. The summed E-state index contributed by atoms with van der Waals surface area (Å²) in [6.45, 7) is 1.71. The summed E-state index contributed by atoms with van der Waals surface area (Å²) in [5, 5.41) is 18.2. The summed E-state index contributed by atoms with van der Waals surface area (Å²) in [6.07, 6.45) is 1.11. The zero-order valence-electron chi connectivity index (χ0n) is 10.5. The molecule has 0 radical (unpaired) electrons. The summed E-state index contributed by atoms with van der Waals surface area (Å²) in [4.78, 5) is 3.65. The summed E-state index contributed by atoms with van der Waals surface area (Å²) in [7, 11) is -3.80. The van der Waals surface area contributed by atoms with Crippen molar-refractivity contribution in [2.24, 2.45) is 0 Å². The van der Waals surface area contributed by atoms with Gasteiger partial charge in [-0.1, -0.05) is 6.07 Å². The van der Waals surface area contributed by atoms with Crippen molar-refractivity contribution in [3.63, 3.8) is 0 Å². The molecule has 1 aromatic heterocycles. The van der Waals surface area contributed by atoms with Gasteiger partial charge in [-0.2, -0.15) is 5.26 Å². The summed E-state index contributed by atoms with van der Waals surface area (Å²) >= 11 is 0. The smallest absolute Gasteiger partial charge is 0.263 e. The van der Waals surface area contributed by atoms with Gasteiger partial charge < -0.3 is 5.11 Å². The molecular weight excluding hydrogens is 278 g/mol. The Morgan fingerprint density at radius 3 is 2.60 bits per heavy atom. The average Bonchev–Trinajstić information content (AvgIpc) is 2.43. The summed E-state index contributed by atoms with van der Waals surface area (Å²) < 4.78 is 26.5. The molecule has 6 nitrogen and oxygen atoms in total. The van der Waals surface area contributed by atoms with E-state index in [2.05, 4.69) is 9.71 Å². The van der Waals surface area contributed by atoms with Gasteiger partial charge in [-0.15, -0.1) is 0 Å². The average molecular weight is 289 g/mol. The van der Waals surface area contributed by atoms with Crippen LogP contribution in [0, 0.1) is 18.3 Å². The van der Waals surface area contributed by atoms with Gasteiger partial charge in [-0.05, 0) is 30.7 Å². The Morgan fingerprint density at radius 2 is 2.05 bits per heavy atom. The second-order valence-corrected chi connectivity index (χ2v) is 5.78. The fraction of sp³-hybridized carbons (Fsp3) is 0.0769. The molecule has 0 fully saturated rings. The molecule has 0 saturated heterocycles. The van der Waals surface area contributed by atoms with Crippen LogP contribution in [0.5, 0.6) is 5.75 Å². The Hall–Kier alpha value is -2.59. The number of hydrogen-bond acceptors (Lipinski definition) is 5. The first kappa shape index (κ1) is 13.8. The summed E-state index contributed by atoms with van der Waals surface area (Å²) in [5.41, 5.74) is 1.03. The van der Waals surface area contributed by atoms with Gasteiger partial charge in [-0.25, -0.2) is 13.4 Å². The predicted molar refractivity (Wildman–Crippen MR) is 72.6 cm³/mol. The van der Waals surface area contributed by atoms with Crippen LogP contribution < -0.4 is 4.72 Å². The van der Waals surface area contributed by atoms with Gasteiger partial charge in [-0.3, -0.25) is 4.72 Å². The molecule has 0 bridgehead atoms. The van der Waals surface area contributed by atoms with E-state index < -0.39 is 10.0 Å². The molecule has 0 aliphatic heterocycles. The number of nitrogens with one attached hydrogen (secondary N) is 1. The number of pyridine rings is 1. The molecule has 0 atom stereocenters. The molecule has 0 unspecified atom stereocenters. The van der Waals surface area contributed by atoms with Gasteiger partial charge in [0.25, 0.3) is 10.0 Å². The molecule has 0 aliphatic carbocycles. The minimum atomic E-state index is -3.80. The molecule has 102 valence electrons. The fourth-order valence-electron chi connectivity index (χ4n) is 1.49. The lowest BCUT2D eigenvalue weighted by atomic mass is 10.2. The van der Waals surface area contributed by atoms with Gasteiger partial charge in [0.2, 0.25) is 0 Å². The van der Waals surface area contributed by atoms with Crippen molar-refractivity contribution in [2.45, 2.75) is 11.8 Å². The lowest BCUT2D eigenvalue weighted by molar-refractivity contribution is 0.471. The van der Waals surface area contributed by atoms with Crippen molar-refractivity contribution in [1.82, 2.24) is 4.98 Å². The van der Waals surface area contributed by atoms with Gasteiger partial charge in [0.1, 0.15) is 22.4 Å². The van der Waals surface area contributed by atoms with Crippen molar-refractivity contribution >= 4 is 15.7 Å². The number of anilines is 1. The van der Waals surface area contributed by atoms with Crippen LogP contribution in [0.3, 0.4) is 0 Å². The van der Waals surface area contributed by atoms with Crippen LogP contribution in [0.1, 0.15) is 11.3 Å². The molecule has 0 spiro atoms. The highest BCUT2D eigenvalue weighted by molar-refractivity contribution is 7.92. The Balaban J connectivity index is 2.30. The Bertz CT molecular complexity index is 777. The number of nitriles is 1. The molecular formula is C13H11N3O3S. The fourth-order valence-corrected chi connectivity index (χ4v) is 2.49. The predicted octanol–water partition coefficient (Wildman–Crippen LogP) is 1.77. The van der Waals surface area contributed by atoms with Crippen molar-refractivity contribution in [3.8, 4) is 11.8 Å². The van der Waals surface area contributed by atoms with Crippen molar-refractivity contribution in [2.75, 3.05) is 4.72 Å². The SMILES string of the molecule is Cc1ccc(NS(=O)(=O)c2ccc(C#N)nc2)cc1O. The van der Waals surface area contributed by atoms with Gasteiger partial charge in [0, 0.05) is 12.3 Å². The highest BCUT2D eigenvalue weighted by atomic mass is 32.2. The minimum Gasteiger partial charge on any atom is -0.508 e. The maximum atomic E-state index is 12.1. The summed E-state index contributed by atoms with van der Waals surface area (Å²) in [5.74, 6) is 0.00292. The molecule has 1 heterocycles. The minimum absolute atomic E-state index is 0.00292.